The molecule has 0 amide bonds. The summed E-state index contributed by atoms with van der Waals surface area (Å²) in [5.41, 5.74) is -2.57. The second kappa shape index (κ2) is 11.0. The monoisotopic (exact) mass is 613 g/mol. The van der Waals surface area contributed by atoms with Gasteiger partial charge in [-0.1, -0.05) is 0 Å². The van der Waals surface area contributed by atoms with Gasteiger partial charge in [0.1, 0.15) is 34.3 Å². The SMILES string of the molecule is COc1ccc(F)cc1[C@H](Cn1c(=O)n(C(C)(C)C(=O)O)c(=O)c2c(C)c(-c3ncco3)sc21)O[C@@H]1C[C@H]2CC[C@@H](C1)O2. The third kappa shape index (κ3) is 5.08. The Hall–Kier alpha value is -3.81. The van der Waals surface area contributed by atoms with Crippen molar-refractivity contribution in [3.8, 4) is 16.5 Å². The predicted molar refractivity (Wildman–Crippen MR) is 155 cm³/mol. The number of oxazole rings is 1. The fourth-order valence-electron chi connectivity index (χ4n) is 6.13. The zero-order valence-electron chi connectivity index (χ0n) is 24.2. The number of aliphatic carboxylic acids is 1. The van der Waals surface area contributed by atoms with E-state index in [-0.39, 0.29) is 36.1 Å². The highest BCUT2D eigenvalue weighted by Crippen LogP contribution is 2.40. The van der Waals surface area contributed by atoms with Gasteiger partial charge in [0.15, 0.2) is 0 Å². The molecule has 4 atom stereocenters. The standard InChI is InChI=1S/C30H32FN3O8S/c1-15-23-26(35)34(30(2,3)28(36)37)29(38)33(27(23)43-24(15)25-32-9-10-40-25)14-22(20-11-16(31)5-8-21(20)39-4)42-19-12-17-6-7-18(13-19)41-17/h5,8-11,17-19,22H,6-7,12-14H2,1-4H3,(H,36,37)/t17-,18+,19-,22-/m0/s1. The summed E-state index contributed by atoms with van der Waals surface area (Å²) in [5.74, 6) is -1.23. The lowest BCUT2D eigenvalue weighted by Crippen LogP contribution is -2.52. The van der Waals surface area contributed by atoms with Gasteiger partial charge in [0, 0.05) is 5.56 Å². The molecule has 2 fully saturated rings. The molecule has 2 saturated heterocycles. The fourth-order valence-corrected chi connectivity index (χ4v) is 7.37. The molecule has 0 spiro atoms. The van der Waals surface area contributed by atoms with Gasteiger partial charge in [0.05, 0.1) is 48.4 Å². The number of thiophene rings is 1. The number of carboxylic acids is 1. The summed E-state index contributed by atoms with van der Waals surface area (Å²) in [6, 6.07) is 4.09. The molecule has 228 valence electrons. The lowest BCUT2D eigenvalue weighted by molar-refractivity contribution is -0.146. The number of aryl methyl sites for hydroxylation is 1. The van der Waals surface area contributed by atoms with Crippen LogP contribution in [-0.4, -0.2) is 50.6 Å². The minimum absolute atomic E-state index is 0.0646. The van der Waals surface area contributed by atoms with Crippen LogP contribution in [0, 0.1) is 12.7 Å². The maximum atomic E-state index is 14.7. The molecule has 43 heavy (non-hydrogen) atoms. The van der Waals surface area contributed by atoms with E-state index in [1.54, 1.807) is 6.92 Å². The first kappa shape index (κ1) is 29.3. The van der Waals surface area contributed by atoms with Crippen LogP contribution in [0.1, 0.15) is 56.8 Å². The average Bonchev–Trinajstić information content (AvgIpc) is 3.69. The minimum Gasteiger partial charge on any atom is -0.496 e. The molecule has 5 heterocycles. The van der Waals surface area contributed by atoms with Crippen molar-refractivity contribution in [3.63, 3.8) is 0 Å². The molecule has 3 aromatic heterocycles. The Bertz CT molecular complexity index is 1800. The van der Waals surface area contributed by atoms with Crippen molar-refractivity contribution in [2.45, 2.75) is 83.0 Å². The summed E-state index contributed by atoms with van der Waals surface area (Å²) in [6.07, 6.45) is 5.05. The maximum absolute atomic E-state index is 14.7. The van der Waals surface area contributed by atoms with Crippen molar-refractivity contribution in [1.29, 1.82) is 0 Å². The number of halogens is 1. The molecule has 11 nitrogen and oxygen atoms in total. The number of nitrogens with zero attached hydrogens (tertiary/aromatic N) is 3. The smallest absolute Gasteiger partial charge is 0.333 e. The predicted octanol–water partition coefficient (Wildman–Crippen LogP) is 4.62. The summed E-state index contributed by atoms with van der Waals surface area (Å²) in [4.78, 5) is 45.5. The topological polar surface area (TPSA) is 135 Å². The highest BCUT2D eigenvalue weighted by molar-refractivity contribution is 7.22. The molecule has 0 unspecified atom stereocenters. The van der Waals surface area contributed by atoms with Gasteiger partial charge in [-0.2, -0.15) is 0 Å². The Morgan fingerprint density at radius 3 is 2.60 bits per heavy atom. The molecule has 1 aromatic carbocycles. The molecular formula is C30H32FN3O8S. The Morgan fingerprint density at radius 2 is 1.98 bits per heavy atom. The number of hydrogen-bond donors (Lipinski definition) is 1. The summed E-state index contributed by atoms with van der Waals surface area (Å²) in [7, 11) is 1.47. The number of ether oxygens (including phenoxy) is 3. The number of rotatable bonds is 9. The normalized spacial score (nSPS) is 20.9. The number of carbonyl (C=O) groups is 1. The Balaban J connectivity index is 1.57. The number of methoxy groups -OCH3 is 1. The Morgan fingerprint density at radius 1 is 1.26 bits per heavy atom. The lowest BCUT2D eigenvalue weighted by Gasteiger charge is -2.33. The van der Waals surface area contributed by atoms with Crippen LogP contribution in [0.4, 0.5) is 4.39 Å². The number of benzene rings is 1. The van der Waals surface area contributed by atoms with Crippen molar-refractivity contribution < 1.29 is 32.9 Å². The van der Waals surface area contributed by atoms with Gasteiger partial charge in [0.2, 0.25) is 5.89 Å². The molecule has 13 heteroatoms. The van der Waals surface area contributed by atoms with E-state index in [1.165, 1.54) is 56.2 Å². The highest BCUT2D eigenvalue weighted by atomic mass is 32.1. The summed E-state index contributed by atoms with van der Waals surface area (Å²) < 4.78 is 40.5. The van der Waals surface area contributed by atoms with Crippen molar-refractivity contribution >= 4 is 27.5 Å². The quantitative estimate of drug-likeness (QED) is 0.287. The third-order valence-electron chi connectivity index (χ3n) is 8.41. The molecule has 0 saturated carbocycles. The van der Waals surface area contributed by atoms with Crippen molar-refractivity contribution in [1.82, 2.24) is 14.1 Å². The number of hydrogen-bond acceptors (Lipinski definition) is 9. The van der Waals surface area contributed by atoms with Crippen molar-refractivity contribution in [3.05, 3.63) is 68.4 Å². The number of fused-ring (bicyclic) bond motifs is 3. The zero-order valence-corrected chi connectivity index (χ0v) is 25.0. The van der Waals surface area contributed by atoms with Crippen LogP contribution >= 0.6 is 11.3 Å². The van der Waals surface area contributed by atoms with Gasteiger partial charge in [-0.25, -0.2) is 23.5 Å². The first-order chi connectivity index (χ1) is 20.5. The lowest BCUT2D eigenvalue weighted by atomic mass is 10.0. The largest absolute Gasteiger partial charge is 0.496 e. The van der Waals surface area contributed by atoms with E-state index in [9.17, 15) is 23.9 Å². The average molecular weight is 614 g/mol. The van der Waals surface area contributed by atoms with Gasteiger partial charge in [-0.05, 0) is 70.2 Å². The van der Waals surface area contributed by atoms with Crippen molar-refractivity contribution in [2.24, 2.45) is 0 Å². The number of carboxylic acid groups (broad SMARTS) is 1. The van der Waals surface area contributed by atoms with Gasteiger partial charge in [-0.3, -0.25) is 9.36 Å². The Labute approximate surface area is 249 Å². The number of aromatic nitrogens is 3. The summed E-state index contributed by atoms with van der Waals surface area (Å²) in [6.45, 7) is 4.15. The van der Waals surface area contributed by atoms with Crippen molar-refractivity contribution in [2.75, 3.05) is 7.11 Å². The molecule has 2 aliphatic rings. The second-order valence-electron chi connectivity index (χ2n) is 11.5. The maximum Gasteiger partial charge on any atom is 0.333 e. The van der Waals surface area contributed by atoms with Gasteiger partial charge in [-0.15, -0.1) is 11.3 Å². The van der Waals surface area contributed by atoms with Crippen LogP contribution in [0.25, 0.3) is 21.0 Å². The van der Waals surface area contributed by atoms with E-state index in [0.717, 1.165) is 28.7 Å². The van der Waals surface area contributed by atoms with Crippen LogP contribution in [0.5, 0.6) is 5.75 Å². The molecule has 2 aliphatic heterocycles. The van der Waals surface area contributed by atoms with E-state index in [2.05, 4.69) is 4.98 Å². The molecule has 0 aliphatic carbocycles. The Kier molecular flexibility index (Phi) is 7.51. The van der Waals surface area contributed by atoms with Gasteiger partial charge >= 0.3 is 11.7 Å². The highest BCUT2D eigenvalue weighted by Gasteiger charge is 2.39. The first-order valence-corrected chi connectivity index (χ1v) is 14.9. The van der Waals surface area contributed by atoms with E-state index in [4.69, 9.17) is 18.6 Å². The minimum atomic E-state index is -1.88. The first-order valence-electron chi connectivity index (χ1n) is 14.1. The van der Waals surface area contributed by atoms with Crippen LogP contribution in [0.3, 0.4) is 0 Å². The van der Waals surface area contributed by atoms with E-state index >= 15 is 0 Å². The molecule has 0 radical (unpaired) electrons. The van der Waals surface area contributed by atoms with E-state index in [1.807, 2.05) is 0 Å². The van der Waals surface area contributed by atoms with Crippen LogP contribution in [0.2, 0.25) is 0 Å². The summed E-state index contributed by atoms with van der Waals surface area (Å²) in [5, 5.41) is 10.2. The molecule has 4 aromatic rings. The molecule has 1 N–H and O–H groups in total. The third-order valence-corrected chi connectivity index (χ3v) is 9.72. The van der Waals surface area contributed by atoms with E-state index in [0.29, 0.717) is 39.4 Å². The van der Waals surface area contributed by atoms with E-state index < -0.39 is 34.7 Å². The zero-order chi connectivity index (χ0) is 30.6. The molecule has 2 bridgehead atoms. The van der Waals surface area contributed by atoms with Gasteiger partial charge < -0.3 is 23.7 Å². The molecular weight excluding hydrogens is 581 g/mol. The summed E-state index contributed by atoms with van der Waals surface area (Å²) >= 11 is 1.14. The fraction of sp³-hybridized carbons (Fsp3) is 0.467. The van der Waals surface area contributed by atoms with Gasteiger partial charge in [0.25, 0.3) is 5.56 Å². The van der Waals surface area contributed by atoms with Crippen LogP contribution in [0.15, 0.2) is 44.7 Å². The molecule has 6 rings (SSSR count). The second-order valence-corrected chi connectivity index (χ2v) is 12.5. The van der Waals surface area contributed by atoms with Crippen LogP contribution in [-0.2, 0) is 26.4 Å². The van der Waals surface area contributed by atoms with Crippen LogP contribution < -0.4 is 16.0 Å².